The van der Waals surface area contributed by atoms with E-state index in [9.17, 15) is 4.79 Å². The average molecular weight is 354 g/mol. The first-order valence-corrected chi connectivity index (χ1v) is 8.90. The van der Waals surface area contributed by atoms with E-state index in [-0.39, 0.29) is 17.5 Å². The highest BCUT2D eigenvalue weighted by molar-refractivity contribution is 5.74. The molecule has 26 heavy (non-hydrogen) atoms. The van der Waals surface area contributed by atoms with Crippen molar-refractivity contribution in [2.24, 2.45) is 0 Å². The standard InChI is InChI=1S/C21H26N2O3/c1-15(18-13-17(25-2)9-10-19(18)26-3)23-20(24)22-14-21(11-12-21)16-7-5-4-6-8-16/h4-10,13,15H,11-12,14H2,1-3H3,(H2,22,23,24)/t15-/m0/s1. The first-order valence-electron chi connectivity index (χ1n) is 8.90. The summed E-state index contributed by atoms with van der Waals surface area (Å²) in [6, 6.07) is 15.6. The molecule has 1 aliphatic rings. The molecule has 0 unspecified atom stereocenters. The molecule has 2 amide bonds. The molecule has 2 aromatic carbocycles. The Kier molecular flexibility index (Phi) is 5.35. The molecule has 0 spiro atoms. The highest BCUT2D eigenvalue weighted by Crippen LogP contribution is 2.47. The maximum atomic E-state index is 12.4. The summed E-state index contributed by atoms with van der Waals surface area (Å²) in [4.78, 5) is 12.4. The van der Waals surface area contributed by atoms with Crippen LogP contribution in [-0.4, -0.2) is 26.8 Å². The maximum absolute atomic E-state index is 12.4. The third kappa shape index (κ3) is 3.93. The summed E-state index contributed by atoms with van der Waals surface area (Å²) >= 11 is 0. The normalized spacial score (nSPS) is 15.7. The van der Waals surface area contributed by atoms with Crippen molar-refractivity contribution in [1.29, 1.82) is 0 Å². The Hall–Kier alpha value is -2.69. The van der Waals surface area contributed by atoms with Gasteiger partial charge in [0.1, 0.15) is 11.5 Å². The van der Waals surface area contributed by atoms with Crippen molar-refractivity contribution in [3.63, 3.8) is 0 Å². The average Bonchev–Trinajstić information content (AvgIpc) is 3.47. The fraction of sp³-hybridized carbons (Fsp3) is 0.381. The molecule has 138 valence electrons. The summed E-state index contributed by atoms with van der Waals surface area (Å²) in [6.45, 7) is 2.58. The minimum absolute atomic E-state index is 0.0928. The summed E-state index contributed by atoms with van der Waals surface area (Å²) < 4.78 is 10.7. The predicted molar refractivity (Wildman–Crippen MR) is 102 cm³/mol. The summed E-state index contributed by atoms with van der Waals surface area (Å²) in [5, 5.41) is 6.02. The van der Waals surface area contributed by atoms with Crippen LogP contribution in [0, 0.1) is 0 Å². The van der Waals surface area contributed by atoms with Gasteiger partial charge in [0.25, 0.3) is 0 Å². The van der Waals surface area contributed by atoms with Crippen molar-refractivity contribution in [3.05, 3.63) is 59.7 Å². The van der Waals surface area contributed by atoms with Crippen molar-refractivity contribution in [2.75, 3.05) is 20.8 Å². The number of ether oxygens (including phenoxy) is 2. The smallest absolute Gasteiger partial charge is 0.315 e. The van der Waals surface area contributed by atoms with Gasteiger partial charge in [-0.3, -0.25) is 0 Å². The summed E-state index contributed by atoms with van der Waals surface area (Å²) in [7, 11) is 3.24. The number of carbonyl (C=O) groups excluding carboxylic acids is 1. The zero-order valence-electron chi connectivity index (χ0n) is 15.5. The fourth-order valence-corrected chi connectivity index (χ4v) is 3.26. The van der Waals surface area contributed by atoms with Gasteiger partial charge in [-0.1, -0.05) is 30.3 Å². The van der Waals surface area contributed by atoms with E-state index in [0.29, 0.717) is 6.54 Å². The van der Waals surface area contributed by atoms with E-state index in [4.69, 9.17) is 9.47 Å². The Morgan fingerprint density at radius 2 is 1.85 bits per heavy atom. The van der Waals surface area contributed by atoms with E-state index in [1.165, 1.54) is 5.56 Å². The monoisotopic (exact) mass is 354 g/mol. The van der Waals surface area contributed by atoms with Gasteiger partial charge in [-0.2, -0.15) is 0 Å². The maximum Gasteiger partial charge on any atom is 0.315 e. The fourth-order valence-electron chi connectivity index (χ4n) is 3.26. The molecule has 2 N–H and O–H groups in total. The number of methoxy groups -OCH3 is 2. The number of carbonyl (C=O) groups is 1. The van der Waals surface area contributed by atoms with Crippen LogP contribution in [0.25, 0.3) is 0 Å². The molecule has 5 nitrogen and oxygen atoms in total. The lowest BCUT2D eigenvalue weighted by Crippen LogP contribution is -2.40. The SMILES string of the molecule is COc1ccc(OC)c([C@H](C)NC(=O)NCC2(c3ccccc3)CC2)c1. The van der Waals surface area contributed by atoms with Crippen molar-refractivity contribution < 1.29 is 14.3 Å². The molecule has 0 bridgehead atoms. The molecule has 1 aliphatic carbocycles. The molecule has 0 aromatic heterocycles. The van der Waals surface area contributed by atoms with E-state index in [2.05, 4.69) is 22.8 Å². The van der Waals surface area contributed by atoms with E-state index in [1.54, 1.807) is 14.2 Å². The Bertz CT molecular complexity index is 757. The minimum atomic E-state index is -0.202. The van der Waals surface area contributed by atoms with E-state index < -0.39 is 0 Å². The number of benzene rings is 2. The topological polar surface area (TPSA) is 59.6 Å². The molecule has 0 saturated heterocycles. The molecular weight excluding hydrogens is 328 g/mol. The van der Waals surface area contributed by atoms with Crippen LogP contribution in [0.2, 0.25) is 0 Å². The lowest BCUT2D eigenvalue weighted by Gasteiger charge is -2.21. The summed E-state index contributed by atoms with van der Waals surface area (Å²) in [5.41, 5.74) is 2.27. The number of urea groups is 1. The van der Waals surface area contributed by atoms with Gasteiger partial charge in [0.2, 0.25) is 0 Å². The third-order valence-electron chi connectivity index (χ3n) is 5.08. The minimum Gasteiger partial charge on any atom is -0.497 e. The van der Waals surface area contributed by atoms with E-state index >= 15 is 0 Å². The highest BCUT2D eigenvalue weighted by atomic mass is 16.5. The molecule has 1 atom stereocenters. The summed E-state index contributed by atoms with van der Waals surface area (Å²) in [5.74, 6) is 1.46. The van der Waals surface area contributed by atoms with Crippen LogP contribution in [0.1, 0.15) is 36.9 Å². The van der Waals surface area contributed by atoms with Crippen LogP contribution in [0.3, 0.4) is 0 Å². The molecule has 0 heterocycles. The van der Waals surface area contributed by atoms with Gasteiger partial charge < -0.3 is 20.1 Å². The van der Waals surface area contributed by atoms with Gasteiger partial charge in [-0.15, -0.1) is 0 Å². The molecule has 0 radical (unpaired) electrons. The third-order valence-corrected chi connectivity index (χ3v) is 5.08. The van der Waals surface area contributed by atoms with Crippen LogP contribution < -0.4 is 20.1 Å². The molecular formula is C21H26N2O3. The van der Waals surface area contributed by atoms with Crippen molar-refractivity contribution in [1.82, 2.24) is 10.6 Å². The van der Waals surface area contributed by atoms with Crippen LogP contribution in [0.5, 0.6) is 11.5 Å². The number of rotatable bonds is 7. The number of amides is 2. The Labute approximate surface area is 154 Å². The zero-order chi connectivity index (χ0) is 18.6. The van der Waals surface area contributed by atoms with Crippen LogP contribution >= 0.6 is 0 Å². The zero-order valence-corrected chi connectivity index (χ0v) is 15.5. The molecule has 2 aromatic rings. The number of hydrogen-bond donors (Lipinski definition) is 2. The largest absolute Gasteiger partial charge is 0.497 e. The molecule has 1 fully saturated rings. The van der Waals surface area contributed by atoms with Gasteiger partial charge in [0, 0.05) is 17.5 Å². The molecule has 1 saturated carbocycles. The lowest BCUT2D eigenvalue weighted by molar-refractivity contribution is 0.236. The first-order chi connectivity index (χ1) is 12.6. The van der Waals surface area contributed by atoms with E-state index in [0.717, 1.165) is 29.9 Å². The lowest BCUT2D eigenvalue weighted by atomic mass is 9.96. The second-order valence-corrected chi connectivity index (χ2v) is 6.80. The van der Waals surface area contributed by atoms with Crippen molar-refractivity contribution in [3.8, 4) is 11.5 Å². The first kappa shape index (κ1) is 18.1. The summed E-state index contributed by atoms with van der Waals surface area (Å²) in [6.07, 6.45) is 2.22. The Morgan fingerprint density at radius 1 is 1.12 bits per heavy atom. The number of hydrogen-bond acceptors (Lipinski definition) is 3. The van der Waals surface area contributed by atoms with Gasteiger partial charge in [0.05, 0.1) is 20.3 Å². The quantitative estimate of drug-likeness (QED) is 0.795. The van der Waals surface area contributed by atoms with Gasteiger partial charge in [-0.05, 0) is 43.5 Å². The van der Waals surface area contributed by atoms with Gasteiger partial charge in [-0.25, -0.2) is 4.79 Å². The second-order valence-electron chi connectivity index (χ2n) is 6.80. The van der Waals surface area contributed by atoms with Crippen molar-refractivity contribution in [2.45, 2.75) is 31.2 Å². The van der Waals surface area contributed by atoms with Crippen LogP contribution in [0.15, 0.2) is 48.5 Å². The molecule has 5 heteroatoms. The Balaban J connectivity index is 1.60. The predicted octanol–water partition coefficient (Wildman–Crippen LogP) is 3.80. The second kappa shape index (κ2) is 7.68. The Morgan fingerprint density at radius 3 is 2.46 bits per heavy atom. The van der Waals surface area contributed by atoms with Gasteiger partial charge >= 0.3 is 6.03 Å². The van der Waals surface area contributed by atoms with Crippen LogP contribution in [-0.2, 0) is 5.41 Å². The van der Waals surface area contributed by atoms with Crippen molar-refractivity contribution >= 4 is 6.03 Å². The van der Waals surface area contributed by atoms with Crippen LogP contribution in [0.4, 0.5) is 4.79 Å². The van der Waals surface area contributed by atoms with Gasteiger partial charge in [0.15, 0.2) is 0 Å². The molecule has 3 rings (SSSR count). The molecule has 0 aliphatic heterocycles. The van der Waals surface area contributed by atoms with E-state index in [1.807, 2.05) is 43.3 Å². The number of nitrogens with one attached hydrogen (secondary N) is 2. The highest BCUT2D eigenvalue weighted by Gasteiger charge is 2.44.